The van der Waals surface area contributed by atoms with E-state index in [0.29, 0.717) is 26.4 Å². The van der Waals surface area contributed by atoms with E-state index < -0.39 is 6.09 Å². The third-order valence-electron chi connectivity index (χ3n) is 1.19. The van der Waals surface area contributed by atoms with Crippen LogP contribution in [0.1, 0.15) is 13.3 Å². The maximum absolute atomic E-state index is 10.8. The van der Waals surface area contributed by atoms with Gasteiger partial charge in [-0.25, -0.2) is 4.79 Å². The fraction of sp³-hybridized carbons (Fsp3) is 0.875. The molecule has 2 N–H and O–H groups in total. The molecule has 1 amide bonds. The molecular weight excluding hydrogens is 174 g/mol. The molecule has 5 nitrogen and oxygen atoms in total. The van der Waals surface area contributed by atoms with E-state index >= 15 is 0 Å². The standard InChI is InChI=1S/C8H17NO4/c1-2-5-13-8(11)9-3-6-12-7-4-10/h10H,2-7H2,1H3,(H,9,11). The molecule has 5 heteroatoms. The maximum Gasteiger partial charge on any atom is 0.407 e. The number of nitrogens with one attached hydrogen (secondary N) is 1. The van der Waals surface area contributed by atoms with E-state index in [4.69, 9.17) is 14.6 Å². The highest BCUT2D eigenvalue weighted by Crippen LogP contribution is 1.81. The fourth-order valence-electron chi connectivity index (χ4n) is 0.638. The van der Waals surface area contributed by atoms with Crippen LogP contribution >= 0.6 is 0 Å². The largest absolute Gasteiger partial charge is 0.450 e. The molecule has 0 unspecified atom stereocenters. The minimum absolute atomic E-state index is 0.000279. The summed E-state index contributed by atoms with van der Waals surface area (Å²) in [5, 5.41) is 10.9. The second kappa shape index (κ2) is 9.28. The maximum atomic E-state index is 10.8. The van der Waals surface area contributed by atoms with E-state index in [9.17, 15) is 4.79 Å². The first-order valence-electron chi connectivity index (χ1n) is 4.40. The Morgan fingerprint density at radius 1 is 1.38 bits per heavy atom. The van der Waals surface area contributed by atoms with Gasteiger partial charge in [0.1, 0.15) is 0 Å². The van der Waals surface area contributed by atoms with Crippen molar-refractivity contribution in [2.45, 2.75) is 13.3 Å². The van der Waals surface area contributed by atoms with Crippen LogP contribution in [0.3, 0.4) is 0 Å². The third kappa shape index (κ3) is 9.10. The lowest BCUT2D eigenvalue weighted by molar-refractivity contribution is 0.0908. The molecule has 0 radical (unpaired) electrons. The average Bonchev–Trinajstić information content (AvgIpc) is 2.14. The van der Waals surface area contributed by atoms with Gasteiger partial charge in [-0.05, 0) is 6.42 Å². The molecule has 0 saturated heterocycles. The van der Waals surface area contributed by atoms with Crippen LogP contribution < -0.4 is 5.32 Å². The van der Waals surface area contributed by atoms with E-state index in [2.05, 4.69) is 5.32 Å². The number of carbonyl (C=O) groups is 1. The van der Waals surface area contributed by atoms with Gasteiger partial charge in [0.15, 0.2) is 0 Å². The molecule has 0 fully saturated rings. The zero-order valence-electron chi connectivity index (χ0n) is 7.91. The van der Waals surface area contributed by atoms with Crippen molar-refractivity contribution in [2.24, 2.45) is 0 Å². The Labute approximate surface area is 78.0 Å². The van der Waals surface area contributed by atoms with Crippen molar-refractivity contribution in [3.63, 3.8) is 0 Å². The van der Waals surface area contributed by atoms with Gasteiger partial charge in [0, 0.05) is 6.54 Å². The molecule has 0 spiro atoms. The lowest BCUT2D eigenvalue weighted by atomic mass is 10.5. The number of aliphatic hydroxyl groups excluding tert-OH is 1. The summed E-state index contributed by atoms with van der Waals surface area (Å²) in [6.07, 6.45) is 0.392. The van der Waals surface area contributed by atoms with Gasteiger partial charge in [-0.1, -0.05) is 6.92 Å². The second-order valence-corrected chi connectivity index (χ2v) is 2.40. The Morgan fingerprint density at radius 2 is 2.15 bits per heavy atom. The molecule has 0 rings (SSSR count). The Hall–Kier alpha value is -0.810. The second-order valence-electron chi connectivity index (χ2n) is 2.40. The van der Waals surface area contributed by atoms with E-state index in [1.165, 1.54) is 0 Å². The third-order valence-corrected chi connectivity index (χ3v) is 1.19. The van der Waals surface area contributed by atoms with Crippen LogP contribution in [-0.2, 0) is 9.47 Å². The highest BCUT2D eigenvalue weighted by Gasteiger charge is 1.98. The van der Waals surface area contributed by atoms with E-state index in [1.54, 1.807) is 0 Å². The lowest BCUT2D eigenvalue weighted by Gasteiger charge is -2.05. The molecule has 0 atom stereocenters. The van der Waals surface area contributed by atoms with Crippen LogP contribution in [0.15, 0.2) is 0 Å². The van der Waals surface area contributed by atoms with Crippen LogP contribution in [0.2, 0.25) is 0 Å². The molecule has 0 aliphatic carbocycles. The number of ether oxygens (including phenoxy) is 2. The van der Waals surface area contributed by atoms with Gasteiger partial charge >= 0.3 is 6.09 Å². The highest BCUT2D eigenvalue weighted by atomic mass is 16.5. The summed E-state index contributed by atoms with van der Waals surface area (Å²) in [6, 6.07) is 0. The summed E-state index contributed by atoms with van der Waals surface area (Å²) in [6.45, 7) is 3.46. The van der Waals surface area contributed by atoms with Gasteiger partial charge < -0.3 is 19.9 Å². The summed E-state index contributed by atoms with van der Waals surface area (Å²) >= 11 is 0. The number of amides is 1. The van der Waals surface area contributed by atoms with Gasteiger partial charge in [-0.15, -0.1) is 0 Å². The van der Waals surface area contributed by atoms with E-state index in [0.717, 1.165) is 6.42 Å². The minimum Gasteiger partial charge on any atom is -0.450 e. The first-order chi connectivity index (χ1) is 6.31. The Kier molecular flexibility index (Phi) is 8.70. The van der Waals surface area contributed by atoms with Crippen LogP contribution in [0.4, 0.5) is 4.79 Å². The molecule has 0 aromatic rings. The summed E-state index contributed by atoms with van der Waals surface area (Å²) < 4.78 is 9.66. The zero-order valence-corrected chi connectivity index (χ0v) is 7.91. The Bertz CT molecular complexity index is 129. The normalized spacial score (nSPS) is 9.69. The quantitative estimate of drug-likeness (QED) is 0.561. The molecule has 78 valence electrons. The minimum atomic E-state index is -0.422. The molecule has 0 aliphatic heterocycles. The van der Waals surface area contributed by atoms with Crippen molar-refractivity contribution >= 4 is 6.09 Å². The van der Waals surface area contributed by atoms with Crippen LogP contribution in [0, 0.1) is 0 Å². The number of carbonyl (C=O) groups excluding carboxylic acids is 1. The molecule has 13 heavy (non-hydrogen) atoms. The first kappa shape index (κ1) is 12.2. The number of hydrogen-bond donors (Lipinski definition) is 2. The molecule has 0 aliphatic rings. The van der Waals surface area contributed by atoms with Gasteiger partial charge in [-0.2, -0.15) is 0 Å². The van der Waals surface area contributed by atoms with Gasteiger partial charge in [0.25, 0.3) is 0 Å². The van der Waals surface area contributed by atoms with Crippen molar-refractivity contribution in [3.05, 3.63) is 0 Å². The molecular formula is C8H17NO4. The highest BCUT2D eigenvalue weighted by molar-refractivity contribution is 5.66. The van der Waals surface area contributed by atoms with E-state index in [-0.39, 0.29) is 6.61 Å². The summed E-state index contributed by atoms with van der Waals surface area (Å²) in [5.74, 6) is 0. The summed E-state index contributed by atoms with van der Waals surface area (Å²) in [4.78, 5) is 10.8. The van der Waals surface area contributed by atoms with Crippen molar-refractivity contribution in [2.75, 3.05) is 33.0 Å². The SMILES string of the molecule is CCCOC(=O)NCCOCCO. The van der Waals surface area contributed by atoms with Crippen molar-refractivity contribution in [1.29, 1.82) is 0 Å². The monoisotopic (exact) mass is 191 g/mol. The molecule has 0 aromatic carbocycles. The predicted molar refractivity (Wildman–Crippen MR) is 47.5 cm³/mol. The number of rotatable bonds is 7. The van der Waals surface area contributed by atoms with Crippen molar-refractivity contribution in [3.8, 4) is 0 Å². The molecule has 0 aromatic heterocycles. The Morgan fingerprint density at radius 3 is 2.77 bits per heavy atom. The number of alkyl carbamates (subject to hydrolysis) is 1. The lowest BCUT2D eigenvalue weighted by Crippen LogP contribution is -2.28. The van der Waals surface area contributed by atoms with E-state index in [1.807, 2.05) is 6.92 Å². The van der Waals surface area contributed by atoms with Crippen LogP contribution in [0.5, 0.6) is 0 Å². The zero-order chi connectivity index (χ0) is 9.94. The van der Waals surface area contributed by atoms with Crippen molar-refractivity contribution < 1.29 is 19.4 Å². The topological polar surface area (TPSA) is 67.8 Å². The van der Waals surface area contributed by atoms with Gasteiger partial charge in [-0.3, -0.25) is 0 Å². The Balaban J connectivity index is 3.08. The van der Waals surface area contributed by atoms with Crippen molar-refractivity contribution in [1.82, 2.24) is 5.32 Å². The first-order valence-corrected chi connectivity index (χ1v) is 4.40. The molecule has 0 heterocycles. The fourth-order valence-corrected chi connectivity index (χ4v) is 0.638. The van der Waals surface area contributed by atoms with Crippen LogP contribution in [0.25, 0.3) is 0 Å². The molecule has 0 saturated carbocycles. The van der Waals surface area contributed by atoms with Crippen LogP contribution in [-0.4, -0.2) is 44.2 Å². The predicted octanol–water partition coefficient (Wildman–Crippen LogP) is 0.131. The summed E-state index contributed by atoms with van der Waals surface area (Å²) in [5.41, 5.74) is 0. The summed E-state index contributed by atoms with van der Waals surface area (Å²) in [7, 11) is 0. The average molecular weight is 191 g/mol. The number of aliphatic hydroxyl groups is 1. The smallest absolute Gasteiger partial charge is 0.407 e. The van der Waals surface area contributed by atoms with Gasteiger partial charge in [0.2, 0.25) is 0 Å². The van der Waals surface area contributed by atoms with Gasteiger partial charge in [0.05, 0.1) is 26.4 Å². The number of hydrogen-bond acceptors (Lipinski definition) is 4. The molecule has 0 bridgehead atoms.